The Kier molecular flexibility index (Phi) is 18.1. The lowest BCUT2D eigenvalue weighted by Crippen LogP contribution is -2.62. The Morgan fingerprint density at radius 1 is 0.815 bits per heavy atom. The number of aliphatic hydroxyl groups is 5. The van der Waals surface area contributed by atoms with Crippen molar-refractivity contribution in [1.82, 2.24) is 0 Å². The molecule has 10 heteroatoms. The molecule has 3 aliphatic heterocycles. The second-order valence-electron chi connectivity index (χ2n) is 17.5. The second-order valence-corrected chi connectivity index (χ2v) is 17.5. The molecule has 3 heterocycles. The Hall–Kier alpha value is -1.92. The lowest BCUT2D eigenvalue weighted by atomic mass is 9.74. The lowest BCUT2D eigenvalue weighted by molar-refractivity contribution is -0.371. The van der Waals surface area contributed by atoms with Crippen LogP contribution in [-0.2, 0) is 23.8 Å². The van der Waals surface area contributed by atoms with Crippen LogP contribution in [-0.4, -0.2) is 91.9 Å². The van der Waals surface area contributed by atoms with Gasteiger partial charge in [0.25, 0.3) is 0 Å². The molecule has 0 amide bonds. The van der Waals surface area contributed by atoms with E-state index in [1.807, 2.05) is 32.1 Å². The predicted octanol–water partition coefficient (Wildman–Crippen LogP) is 6.31. The fraction of sp³-hybridized carbons (Fsp3) is 0.818. The fourth-order valence-electron chi connectivity index (χ4n) is 8.72. The fourth-order valence-corrected chi connectivity index (χ4v) is 8.72. The Balaban J connectivity index is 1.94. The van der Waals surface area contributed by atoms with Crippen LogP contribution in [0.3, 0.4) is 0 Å². The van der Waals surface area contributed by atoms with E-state index in [2.05, 4.69) is 26.8 Å². The monoisotopic (exact) mass is 763 g/mol. The van der Waals surface area contributed by atoms with E-state index < -0.39 is 72.1 Å². The summed E-state index contributed by atoms with van der Waals surface area (Å²) in [4.78, 5) is 26.6. The molecule has 0 aromatic heterocycles. The van der Waals surface area contributed by atoms with E-state index >= 15 is 0 Å². The van der Waals surface area contributed by atoms with Gasteiger partial charge in [0, 0.05) is 54.4 Å². The van der Waals surface area contributed by atoms with Crippen molar-refractivity contribution in [3.05, 3.63) is 36.5 Å². The normalized spacial score (nSPS) is 46.6. The Labute approximate surface area is 325 Å². The highest BCUT2D eigenvalue weighted by Gasteiger charge is 2.56. The van der Waals surface area contributed by atoms with E-state index in [4.69, 9.17) is 14.2 Å². The molecule has 18 atom stereocenters. The van der Waals surface area contributed by atoms with E-state index in [0.717, 1.165) is 25.7 Å². The molecule has 2 fully saturated rings. The van der Waals surface area contributed by atoms with Crippen molar-refractivity contribution >= 4 is 11.8 Å². The number of carbonyl (C=O) groups excluding carboxylic acids is 2. The maximum atomic E-state index is 13.5. The van der Waals surface area contributed by atoms with E-state index in [9.17, 15) is 35.1 Å². The van der Waals surface area contributed by atoms with Crippen LogP contribution in [0, 0.1) is 53.3 Å². The van der Waals surface area contributed by atoms with E-state index in [0.29, 0.717) is 19.3 Å². The minimum Gasteiger partial charge on any atom is -0.458 e. The number of ether oxygens (including phenoxy) is 3. The van der Waals surface area contributed by atoms with Crippen LogP contribution >= 0.6 is 0 Å². The minimum absolute atomic E-state index is 0.130. The molecule has 10 nitrogen and oxygen atoms in total. The van der Waals surface area contributed by atoms with E-state index in [-0.39, 0.29) is 54.0 Å². The van der Waals surface area contributed by atoms with Gasteiger partial charge in [-0.3, -0.25) is 4.79 Å². The molecular weight excluding hydrogens is 688 g/mol. The summed E-state index contributed by atoms with van der Waals surface area (Å²) in [5.74, 6) is -4.54. The number of hydrogen-bond donors (Lipinski definition) is 5. The van der Waals surface area contributed by atoms with Gasteiger partial charge in [0.05, 0.1) is 42.7 Å². The van der Waals surface area contributed by atoms with Crippen molar-refractivity contribution in [2.24, 2.45) is 53.3 Å². The average Bonchev–Trinajstić information content (AvgIpc) is 3.14. The van der Waals surface area contributed by atoms with Crippen molar-refractivity contribution in [3.63, 3.8) is 0 Å². The standard InChI is InChI=1S/C44H74O10/c1-11-34-16-14-12-13-15-26(3)40(49)29(6)35(46)24-36(47)30(7)42(51)32(9)41(50)27(4)17-20-39(48)52-43-31(8)37(19-18-34)53-44(33(43)10)22-21-25(2)38(54-44)23-28(5)45/h12-14,16-17,20,25-34,36-38,40-43,45,47,49-51H,11,15,18-19,21-24H2,1-10H3/b13-12+,16-14+,20-17+/t25-,26-,27-,28+,29+,30+,31-,32-,33+,34-,36-,37-,38+,40+,41+,42+,43-,44-/m1/s1. The Bertz CT molecular complexity index is 1260. The van der Waals surface area contributed by atoms with Gasteiger partial charge in [0.1, 0.15) is 11.9 Å². The van der Waals surface area contributed by atoms with Gasteiger partial charge >= 0.3 is 5.97 Å². The number of rotatable bonds is 3. The summed E-state index contributed by atoms with van der Waals surface area (Å²) >= 11 is 0. The molecule has 0 aliphatic carbocycles. The van der Waals surface area contributed by atoms with Gasteiger partial charge in [0.15, 0.2) is 5.79 Å². The van der Waals surface area contributed by atoms with Gasteiger partial charge in [-0.2, -0.15) is 0 Å². The first kappa shape index (κ1) is 46.5. The minimum atomic E-state index is -1.17. The molecule has 2 bridgehead atoms. The van der Waals surface area contributed by atoms with Crippen LogP contribution < -0.4 is 0 Å². The zero-order valence-electron chi connectivity index (χ0n) is 34.7. The third kappa shape index (κ3) is 12.0. The number of allylic oxidation sites excluding steroid dienone is 4. The van der Waals surface area contributed by atoms with Crippen molar-refractivity contribution in [1.29, 1.82) is 0 Å². The average molecular weight is 763 g/mol. The molecule has 54 heavy (non-hydrogen) atoms. The summed E-state index contributed by atoms with van der Waals surface area (Å²) in [6.07, 6.45) is 10.2. The van der Waals surface area contributed by atoms with Crippen LogP contribution in [0.2, 0.25) is 0 Å². The number of Topliss-reactive ketones (excluding diaryl/α,β-unsaturated/α-hetero) is 1. The maximum absolute atomic E-state index is 13.5. The Morgan fingerprint density at radius 2 is 1.50 bits per heavy atom. The van der Waals surface area contributed by atoms with Crippen molar-refractivity contribution < 1.29 is 49.3 Å². The van der Waals surface area contributed by atoms with Crippen LogP contribution in [0.15, 0.2) is 36.5 Å². The van der Waals surface area contributed by atoms with Crippen molar-refractivity contribution in [3.8, 4) is 0 Å². The van der Waals surface area contributed by atoms with Crippen LogP contribution in [0.4, 0.5) is 0 Å². The van der Waals surface area contributed by atoms with Gasteiger partial charge in [-0.15, -0.1) is 0 Å². The van der Waals surface area contributed by atoms with E-state index in [1.165, 1.54) is 6.08 Å². The summed E-state index contributed by atoms with van der Waals surface area (Å²) in [5.41, 5.74) is 0. The molecule has 0 aromatic rings. The van der Waals surface area contributed by atoms with Crippen molar-refractivity contribution in [2.45, 2.75) is 175 Å². The van der Waals surface area contributed by atoms with Gasteiger partial charge < -0.3 is 39.7 Å². The number of ketones is 1. The lowest BCUT2D eigenvalue weighted by Gasteiger charge is -2.55. The molecule has 3 aliphatic rings. The van der Waals surface area contributed by atoms with Gasteiger partial charge in [-0.05, 0) is 63.2 Å². The van der Waals surface area contributed by atoms with Gasteiger partial charge in [-0.25, -0.2) is 4.79 Å². The molecule has 0 aromatic carbocycles. The number of fused-ring (bicyclic) bond motifs is 2. The molecule has 310 valence electrons. The molecule has 1 spiro atoms. The smallest absolute Gasteiger partial charge is 0.330 e. The van der Waals surface area contributed by atoms with Gasteiger partial charge in [-0.1, -0.05) is 92.7 Å². The summed E-state index contributed by atoms with van der Waals surface area (Å²) in [6.45, 7) is 18.8. The summed E-state index contributed by atoms with van der Waals surface area (Å²) in [5, 5.41) is 54.6. The predicted molar refractivity (Wildman–Crippen MR) is 210 cm³/mol. The maximum Gasteiger partial charge on any atom is 0.330 e. The third-order valence-electron chi connectivity index (χ3n) is 13.2. The molecule has 0 unspecified atom stereocenters. The molecular formula is C44H74O10. The van der Waals surface area contributed by atoms with Crippen LogP contribution in [0.5, 0.6) is 0 Å². The highest BCUT2D eigenvalue weighted by atomic mass is 16.7. The third-order valence-corrected chi connectivity index (χ3v) is 13.2. The molecule has 0 saturated carbocycles. The zero-order valence-corrected chi connectivity index (χ0v) is 34.7. The zero-order chi connectivity index (χ0) is 40.5. The van der Waals surface area contributed by atoms with E-state index in [1.54, 1.807) is 40.7 Å². The molecule has 3 rings (SSSR count). The molecule has 5 N–H and O–H groups in total. The number of aliphatic hydroxyl groups excluding tert-OH is 5. The Morgan fingerprint density at radius 3 is 2.15 bits per heavy atom. The first-order chi connectivity index (χ1) is 25.3. The second kappa shape index (κ2) is 21.0. The SMILES string of the molecule is CC[C@@H]1/C=C/C=C/C[C@@H](C)[C@H](O)[C@@H](C)C(=O)C[C@@H](O)[C@H](C)[C@H](O)[C@H](C)[C@@H](O)[C@H](C)/C=C/C(=O)O[C@@H]2[C@H](C)[C@@H](CC1)O[C@@]1(CC[C@@H](C)[C@H](C[C@H](C)O)O1)[C@H]2C. The molecule has 0 radical (unpaired) electrons. The first-order valence-corrected chi connectivity index (χ1v) is 20.8. The van der Waals surface area contributed by atoms with Crippen molar-refractivity contribution in [2.75, 3.05) is 0 Å². The summed E-state index contributed by atoms with van der Waals surface area (Å²) in [7, 11) is 0. The summed E-state index contributed by atoms with van der Waals surface area (Å²) < 4.78 is 20.0. The topological polar surface area (TPSA) is 163 Å². The summed E-state index contributed by atoms with van der Waals surface area (Å²) in [6, 6.07) is 0. The first-order valence-electron chi connectivity index (χ1n) is 20.8. The largest absolute Gasteiger partial charge is 0.458 e. The molecule has 2 saturated heterocycles. The highest BCUT2D eigenvalue weighted by Crippen LogP contribution is 2.49. The highest BCUT2D eigenvalue weighted by molar-refractivity contribution is 5.82. The quantitative estimate of drug-likeness (QED) is 0.206. The van der Waals surface area contributed by atoms with Gasteiger partial charge in [0.2, 0.25) is 0 Å². The van der Waals surface area contributed by atoms with Crippen LogP contribution in [0.25, 0.3) is 0 Å². The number of hydrogen-bond acceptors (Lipinski definition) is 10. The van der Waals surface area contributed by atoms with Crippen LogP contribution in [0.1, 0.15) is 121 Å². The number of carbonyl (C=O) groups is 2. The number of esters is 1.